The second-order valence-corrected chi connectivity index (χ2v) is 5.01. The number of hydrogen-bond donors (Lipinski definition) is 2. The number of carbonyl (C=O) groups is 1. The Balaban J connectivity index is 2.61. The maximum atomic E-state index is 11.6. The average Bonchev–Trinajstić information content (AvgIpc) is 2.45. The van der Waals surface area contributed by atoms with Crippen LogP contribution in [0.2, 0.25) is 0 Å². The molecule has 0 radical (unpaired) electrons. The van der Waals surface area contributed by atoms with Crippen LogP contribution in [0.3, 0.4) is 0 Å². The Morgan fingerprint density at radius 1 is 1.45 bits per heavy atom. The zero-order valence-electron chi connectivity index (χ0n) is 12.6. The zero-order valence-corrected chi connectivity index (χ0v) is 12.6. The highest BCUT2D eigenvalue weighted by Gasteiger charge is 2.14. The number of nitrogens with one attached hydrogen (secondary N) is 1. The van der Waals surface area contributed by atoms with Gasteiger partial charge in [-0.05, 0) is 19.4 Å². The molecule has 0 bridgehead atoms. The highest BCUT2D eigenvalue weighted by molar-refractivity contribution is 5.97. The fourth-order valence-corrected chi connectivity index (χ4v) is 2.06. The van der Waals surface area contributed by atoms with Crippen molar-refractivity contribution in [2.45, 2.75) is 52.0 Å². The molecule has 0 aromatic carbocycles. The summed E-state index contributed by atoms with van der Waals surface area (Å²) in [5, 5.41) is 3.26. The Hall–Kier alpha value is -1.78. The number of anilines is 2. The molecule has 1 rings (SSSR count). The lowest BCUT2D eigenvalue weighted by atomic mass is 10.1. The van der Waals surface area contributed by atoms with Crippen molar-refractivity contribution in [3.63, 3.8) is 0 Å². The van der Waals surface area contributed by atoms with Crippen LogP contribution in [0.5, 0.6) is 0 Å². The Labute approximate surface area is 120 Å². The van der Waals surface area contributed by atoms with Crippen LogP contribution in [-0.2, 0) is 4.74 Å². The first kappa shape index (κ1) is 16.3. The molecule has 1 heterocycles. The maximum absolute atomic E-state index is 11.6. The quantitative estimate of drug-likeness (QED) is 0.564. The average molecular weight is 279 g/mol. The number of nitrogens with two attached hydrogens (primary N) is 1. The smallest absolute Gasteiger partial charge is 0.340 e. The number of ether oxygens (including phenoxy) is 1. The van der Waals surface area contributed by atoms with Gasteiger partial charge in [-0.1, -0.05) is 32.6 Å². The molecular formula is C15H25N3O2. The van der Waals surface area contributed by atoms with E-state index in [0.717, 1.165) is 6.42 Å². The summed E-state index contributed by atoms with van der Waals surface area (Å²) in [6.45, 7) is 4.29. The van der Waals surface area contributed by atoms with Gasteiger partial charge in [0.25, 0.3) is 0 Å². The molecule has 5 nitrogen and oxygen atoms in total. The van der Waals surface area contributed by atoms with Crippen LogP contribution < -0.4 is 11.1 Å². The third kappa shape index (κ3) is 4.72. The molecule has 0 amide bonds. The Morgan fingerprint density at radius 3 is 2.85 bits per heavy atom. The van der Waals surface area contributed by atoms with E-state index < -0.39 is 5.97 Å². The molecule has 1 unspecified atom stereocenters. The lowest BCUT2D eigenvalue weighted by Crippen LogP contribution is -2.18. The largest absolute Gasteiger partial charge is 0.465 e. The summed E-state index contributed by atoms with van der Waals surface area (Å²) < 4.78 is 4.69. The molecule has 20 heavy (non-hydrogen) atoms. The first-order valence-electron chi connectivity index (χ1n) is 7.19. The van der Waals surface area contributed by atoms with Crippen LogP contribution in [0, 0.1) is 0 Å². The van der Waals surface area contributed by atoms with Crippen molar-refractivity contribution in [2.75, 3.05) is 18.2 Å². The number of methoxy groups -OCH3 is 1. The van der Waals surface area contributed by atoms with E-state index in [1.54, 1.807) is 12.3 Å². The minimum atomic E-state index is -0.441. The van der Waals surface area contributed by atoms with Crippen molar-refractivity contribution in [1.29, 1.82) is 0 Å². The summed E-state index contributed by atoms with van der Waals surface area (Å²) in [6, 6.07) is 1.84. The molecule has 1 atom stereocenters. The monoisotopic (exact) mass is 279 g/mol. The van der Waals surface area contributed by atoms with E-state index >= 15 is 0 Å². The van der Waals surface area contributed by atoms with E-state index in [1.165, 1.54) is 32.8 Å². The minimum absolute atomic E-state index is 0.273. The molecule has 0 fully saturated rings. The summed E-state index contributed by atoms with van der Waals surface area (Å²) in [4.78, 5) is 15.8. The Kier molecular flexibility index (Phi) is 6.84. The molecule has 5 heteroatoms. The van der Waals surface area contributed by atoms with Gasteiger partial charge in [0.05, 0.1) is 18.4 Å². The van der Waals surface area contributed by atoms with Crippen molar-refractivity contribution < 1.29 is 9.53 Å². The zero-order chi connectivity index (χ0) is 15.0. The van der Waals surface area contributed by atoms with Crippen LogP contribution in [0.25, 0.3) is 0 Å². The molecular weight excluding hydrogens is 254 g/mol. The number of hydrogen-bond acceptors (Lipinski definition) is 5. The highest BCUT2D eigenvalue weighted by atomic mass is 16.5. The molecule has 0 saturated heterocycles. The number of aromatic nitrogens is 1. The molecule has 0 aliphatic rings. The number of rotatable bonds is 8. The number of nitrogens with zero attached hydrogens (tertiary/aromatic N) is 1. The normalized spacial score (nSPS) is 11.9. The van der Waals surface area contributed by atoms with Crippen molar-refractivity contribution in [1.82, 2.24) is 4.98 Å². The third-order valence-electron chi connectivity index (χ3n) is 3.27. The number of pyridine rings is 1. The van der Waals surface area contributed by atoms with Crippen LogP contribution in [0.1, 0.15) is 56.3 Å². The van der Waals surface area contributed by atoms with E-state index in [9.17, 15) is 4.79 Å². The highest BCUT2D eigenvalue weighted by Crippen LogP contribution is 2.22. The lowest BCUT2D eigenvalue weighted by Gasteiger charge is -2.16. The molecule has 0 spiro atoms. The fourth-order valence-electron chi connectivity index (χ4n) is 2.06. The van der Waals surface area contributed by atoms with Gasteiger partial charge in [0.2, 0.25) is 0 Å². The SMILES string of the molecule is CCCCCCC(C)Nc1nccc(C(=O)OC)c1N. The van der Waals surface area contributed by atoms with E-state index in [0.29, 0.717) is 17.1 Å². The van der Waals surface area contributed by atoms with Crippen molar-refractivity contribution >= 4 is 17.5 Å². The molecule has 1 aromatic heterocycles. The van der Waals surface area contributed by atoms with Gasteiger partial charge in [0, 0.05) is 12.2 Å². The summed E-state index contributed by atoms with van der Waals surface area (Å²) in [7, 11) is 1.34. The van der Waals surface area contributed by atoms with E-state index in [4.69, 9.17) is 10.5 Å². The summed E-state index contributed by atoms with van der Waals surface area (Å²) in [5.41, 5.74) is 6.66. The van der Waals surface area contributed by atoms with Crippen LogP contribution in [0.15, 0.2) is 12.3 Å². The van der Waals surface area contributed by atoms with Gasteiger partial charge in [0.1, 0.15) is 5.82 Å². The number of carbonyl (C=O) groups excluding carboxylic acids is 1. The van der Waals surface area contributed by atoms with Gasteiger partial charge < -0.3 is 15.8 Å². The van der Waals surface area contributed by atoms with E-state index in [1.807, 2.05) is 0 Å². The van der Waals surface area contributed by atoms with Gasteiger partial charge in [-0.3, -0.25) is 0 Å². The number of unbranched alkanes of at least 4 members (excludes halogenated alkanes) is 3. The number of esters is 1. The topological polar surface area (TPSA) is 77.2 Å². The van der Waals surface area contributed by atoms with Gasteiger partial charge in [-0.15, -0.1) is 0 Å². The fraction of sp³-hybridized carbons (Fsp3) is 0.600. The standard InChI is InChI=1S/C15H25N3O2/c1-4-5-6-7-8-11(2)18-14-13(16)12(9-10-17-14)15(19)20-3/h9-11H,4-8,16H2,1-3H3,(H,17,18). The first-order chi connectivity index (χ1) is 9.60. The van der Waals surface area contributed by atoms with Gasteiger partial charge in [-0.25, -0.2) is 9.78 Å². The summed E-state index contributed by atoms with van der Waals surface area (Å²) in [5.74, 6) is 0.111. The van der Waals surface area contributed by atoms with Crippen LogP contribution in [-0.4, -0.2) is 24.1 Å². The first-order valence-corrected chi connectivity index (χ1v) is 7.19. The second kappa shape index (κ2) is 8.40. The van der Waals surface area contributed by atoms with Crippen LogP contribution in [0.4, 0.5) is 11.5 Å². The van der Waals surface area contributed by atoms with Crippen molar-refractivity contribution in [3.05, 3.63) is 17.8 Å². The number of nitrogen functional groups attached to an aromatic ring is 1. The lowest BCUT2D eigenvalue weighted by molar-refractivity contribution is 0.0602. The van der Waals surface area contributed by atoms with Crippen LogP contribution >= 0.6 is 0 Å². The van der Waals surface area contributed by atoms with Crippen molar-refractivity contribution in [2.24, 2.45) is 0 Å². The van der Waals surface area contributed by atoms with Gasteiger partial charge in [-0.2, -0.15) is 0 Å². The molecule has 0 aliphatic heterocycles. The van der Waals surface area contributed by atoms with Gasteiger partial charge in [0.15, 0.2) is 0 Å². The summed E-state index contributed by atoms with van der Waals surface area (Å²) >= 11 is 0. The third-order valence-corrected chi connectivity index (χ3v) is 3.27. The maximum Gasteiger partial charge on any atom is 0.340 e. The molecule has 1 aromatic rings. The molecule has 112 valence electrons. The molecule has 0 aliphatic carbocycles. The summed E-state index contributed by atoms with van der Waals surface area (Å²) in [6.07, 6.45) is 7.55. The second-order valence-electron chi connectivity index (χ2n) is 5.01. The predicted molar refractivity (Wildman–Crippen MR) is 81.8 cm³/mol. The minimum Gasteiger partial charge on any atom is -0.465 e. The van der Waals surface area contributed by atoms with E-state index in [-0.39, 0.29) is 6.04 Å². The van der Waals surface area contributed by atoms with Crippen molar-refractivity contribution in [3.8, 4) is 0 Å². The molecule has 3 N–H and O–H groups in total. The van der Waals surface area contributed by atoms with E-state index in [2.05, 4.69) is 24.1 Å². The Bertz CT molecular complexity index is 435. The molecule has 0 saturated carbocycles. The Morgan fingerprint density at radius 2 is 2.20 bits per heavy atom. The van der Waals surface area contributed by atoms with Gasteiger partial charge >= 0.3 is 5.97 Å². The predicted octanol–water partition coefficient (Wildman–Crippen LogP) is 3.22.